The minimum Gasteiger partial charge on any atom is -0.494 e. The molecule has 1 aliphatic heterocycles. The molecule has 3 amide bonds. The van der Waals surface area contributed by atoms with Crippen molar-refractivity contribution in [3.63, 3.8) is 0 Å². The molecule has 3 rings (SSSR count). The fraction of sp³-hybridized carbons (Fsp3) is 0.333. The lowest BCUT2D eigenvalue weighted by molar-refractivity contribution is -0.143. The number of imide groups is 1. The number of hydrogen-bond acceptors (Lipinski definition) is 5. The van der Waals surface area contributed by atoms with Gasteiger partial charge in [-0.15, -0.1) is 0 Å². The van der Waals surface area contributed by atoms with Gasteiger partial charge in [-0.1, -0.05) is 30.3 Å². The Morgan fingerprint density at radius 3 is 2.38 bits per heavy atom. The molecular formula is C24H26N2O6. The summed E-state index contributed by atoms with van der Waals surface area (Å²) in [7, 11) is 0. The molecule has 0 radical (unpaired) electrons. The van der Waals surface area contributed by atoms with Crippen LogP contribution >= 0.6 is 0 Å². The highest BCUT2D eigenvalue weighted by Gasteiger charge is 2.44. The van der Waals surface area contributed by atoms with Gasteiger partial charge < -0.3 is 14.7 Å². The van der Waals surface area contributed by atoms with Crippen molar-refractivity contribution in [2.24, 2.45) is 0 Å². The zero-order chi connectivity index (χ0) is 23.1. The number of hydrogen-bond donors (Lipinski definition) is 1. The molecule has 0 aromatic heterocycles. The quantitative estimate of drug-likeness (QED) is 0.572. The molecule has 32 heavy (non-hydrogen) atoms. The maximum Gasteiger partial charge on any atom is 0.303 e. The van der Waals surface area contributed by atoms with E-state index in [-0.39, 0.29) is 25.8 Å². The van der Waals surface area contributed by atoms with Gasteiger partial charge in [0.05, 0.1) is 25.1 Å². The molecule has 2 aromatic carbocycles. The van der Waals surface area contributed by atoms with Crippen LogP contribution in [0.5, 0.6) is 5.75 Å². The van der Waals surface area contributed by atoms with Crippen LogP contribution in [0.15, 0.2) is 54.6 Å². The first kappa shape index (κ1) is 23.0. The van der Waals surface area contributed by atoms with Gasteiger partial charge in [0.25, 0.3) is 5.91 Å². The molecule has 168 valence electrons. The number of aliphatic carboxylic acids is 1. The van der Waals surface area contributed by atoms with E-state index in [0.29, 0.717) is 24.5 Å². The van der Waals surface area contributed by atoms with Crippen molar-refractivity contribution in [1.82, 2.24) is 4.90 Å². The van der Waals surface area contributed by atoms with Crippen molar-refractivity contribution < 1.29 is 29.0 Å². The first-order valence-corrected chi connectivity index (χ1v) is 10.6. The smallest absolute Gasteiger partial charge is 0.303 e. The van der Waals surface area contributed by atoms with Crippen LogP contribution in [0, 0.1) is 0 Å². The molecule has 1 N–H and O–H groups in total. The van der Waals surface area contributed by atoms with E-state index in [1.165, 1.54) is 4.90 Å². The third-order valence-corrected chi connectivity index (χ3v) is 5.26. The highest BCUT2D eigenvalue weighted by molar-refractivity contribution is 6.23. The minimum absolute atomic E-state index is 0.139. The third kappa shape index (κ3) is 5.51. The average molecular weight is 438 g/mol. The van der Waals surface area contributed by atoms with E-state index < -0.39 is 29.7 Å². The Morgan fingerprint density at radius 1 is 1.06 bits per heavy atom. The van der Waals surface area contributed by atoms with Gasteiger partial charge in [-0.25, -0.2) is 4.90 Å². The first-order valence-electron chi connectivity index (χ1n) is 10.6. The average Bonchev–Trinajstić information content (AvgIpc) is 3.07. The molecule has 0 spiro atoms. The highest BCUT2D eigenvalue weighted by Crippen LogP contribution is 2.28. The lowest BCUT2D eigenvalue weighted by Gasteiger charge is -2.27. The zero-order valence-electron chi connectivity index (χ0n) is 17.9. The molecule has 1 saturated heterocycles. The molecule has 1 fully saturated rings. The Kier molecular flexibility index (Phi) is 7.59. The van der Waals surface area contributed by atoms with Gasteiger partial charge >= 0.3 is 5.97 Å². The Morgan fingerprint density at radius 2 is 1.75 bits per heavy atom. The van der Waals surface area contributed by atoms with Crippen molar-refractivity contribution in [1.29, 1.82) is 0 Å². The third-order valence-electron chi connectivity index (χ3n) is 5.26. The van der Waals surface area contributed by atoms with E-state index in [1.807, 2.05) is 37.3 Å². The Labute approximate surface area is 186 Å². The molecule has 0 bridgehead atoms. The molecule has 1 aliphatic rings. The van der Waals surface area contributed by atoms with E-state index in [1.54, 1.807) is 24.3 Å². The van der Waals surface area contributed by atoms with Crippen LogP contribution in [0.3, 0.4) is 0 Å². The van der Waals surface area contributed by atoms with E-state index in [0.717, 1.165) is 10.5 Å². The minimum atomic E-state index is -1.09. The van der Waals surface area contributed by atoms with Crippen LogP contribution in [0.1, 0.15) is 31.7 Å². The van der Waals surface area contributed by atoms with Crippen LogP contribution in [-0.4, -0.2) is 52.9 Å². The Balaban J connectivity index is 1.79. The van der Waals surface area contributed by atoms with Gasteiger partial charge in [0, 0.05) is 13.0 Å². The summed E-state index contributed by atoms with van der Waals surface area (Å²) in [5, 5.41) is 8.95. The van der Waals surface area contributed by atoms with Crippen molar-refractivity contribution in [2.45, 2.75) is 38.6 Å². The van der Waals surface area contributed by atoms with Crippen LogP contribution in [0.25, 0.3) is 0 Å². The number of ether oxygens (including phenoxy) is 1. The normalized spacial score (nSPS) is 15.7. The van der Waals surface area contributed by atoms with Crippen molar-refractivity contribution >= 4 is 29.4 Å². The standard InChI is InChI=1S/C24H26N2O6/c1-2-32-19-10-8-18(9-11-19)26-22(28)16-20(24(26)31)25(21(27)12-13-23(29)30)15-14-17-6-4-3-5-7-17/h3-11,20H,2,12-16H2,1H3,(H,29,30)/t20-/m1/s1. The number of anilines is 1. The number of carbonyl (C=O) groups excluding carboxylic acids is 3. The molecule has 0 saturated carbocycles. The zero-order valence-corrected chi connectivity index (χ0v) is 17.9. The fourth-order valence-electron chi connectivity index (χ4n) is 3.69. The molecule has 1 atom stereocenters. The van der Waals surface area contributed by atoms with Gasteiger partial charge in [0.2, 0.25) is 11.8 Å². The van der Waals surface area contributed by atoms with Crippen LogP contribution in [-0.2, 0) is 25.6 Å². The summed E-state index contributed by atoms with van der Waals surface area (Å²) in [5.74, 6) is -1.81. The van der Waals surface area contributed by atoms with Gasteiger partial charge in [0.1, 0.15) is 11.8 Å². The van der Waals surface area contributed by atoms with Crippen molar-refractivity contribution in [3.8, 4) is 5.75 Å². The Hall–Kier alpha value is -3.68. The summed E-state index contributed by atoms with van der Waals surface area (Å²) >= 11 is 0. The molecule has 2 aromatic rings. The number of carboxylic acid groups (broad SMARTS) is 1. The van der Waals surface area contributed by atoms with Crippen molar-refractivity contribution in [3.05, 3.63) is 60.2 Å². The van der Waals surface area contributed by atoms with Crippen LogP contribution in [0.4, 0.5) is 5.69 Å². The second-order valence-corrected chi connectivity index (χ2v) is 7.43. The molecule has 0 aliphatic carbocycles. The molecule has 8 nitrogen and oxygen atoms in total. The Bertz CT molecular complexity index is 974. The maximum atomic E-state index is 13.2. The molecule has 8 heteroatoms. The predicted octanol–water partition coefficient (Wildman–Crippen LogP) is 2.65. The number of nitrogens with zero attached hydrogens (tertiary/aromatic N) is 2. The van der Waals surface area contributed by atoms with E-state index in [9.17, 15) is 19.2 Å². The van der Waals surface area contributed by atoms with Gasteiger partial charge in [-0.05, 0) is 43.2 Å². The lowest BCUT2D eigenvalue weighted by Crippen LogP contribution is -2.46. The SMILES string of the molecule is CCOc1ccc(N2C(=O)C[C@@H](N(CCc3ccccc3)C(=O)CCC(=O)O)C2=O)cc1. The molecule has 1 heterocycles. The topological polar surface area (TPSA) is 104 Å². The second-order valence-electron chi connectivity index (χ2n) is 7.43. The van der Waals surface area contributed by atoms with E-state index >= 15 is 0 Å². The van der Waals surface area contributed by atoms with E-state index in [2.05, 4.69) is 0 Å². The monoisotopic (exact) mass is 438 g/mol. The summed E-state index contributed by atoms with van der Waals surface area (Å²) in [6.07, 6.45) is -0.219. The van der Waals surface area contributed by atoms with Crippen molar-refractivity contribution in [2.75, 3.05) is 18.1 Å². The lowest BCUT2D eigenvalue weighted by atomic mass is 10.1. The number of carbonyl (C=O) groups is 4. The molecule has 0 unspecified atom stereocenters. The number of benzene rings is 2. The number of rotatable bonds is 10. The van der Waals surface area contributed by atoms with Gasteiger partial charge in [-0.2, -0.15) is 0 Å². The number of carboxylic acids is 1. The van der Waals surface area contributed by atoms with Gasteiger partial charge in [0.15, 0.2) is 0 Å². The highest BCUT2D eigenvalue weighted by atomic mass is 16.5. The summed E-state index contributed by atoms with van der Waals surface area (Å²) in [6, 6.07) is 15.1. The largest absolute Gasteiger partial charge is 0.494 e. The maximum absolute atomic E-state index is 13.2. The van der Waals surface area contributed by atoms with E-state index in [4.69, 9.17) is 9.84 Å². The summed E-state index contributed by atoms with van der Waals surface area (Å²) in [4.78, 5) is 52.1. The first-order chi connectivity index (χ1) is 15.4. The fourth-order valence-corrected chi connectivity index (χ4v) is 3.69. The summed E-state index contributed by atoms with van der Waals surface area (Å²) < 4.78 is 5.40. The molecular weight excluding hydrogens is 412 g/mol. The second kappa shape index (κ2) is 10.6. The van der Waals surface area contributed by atoms with Crippen LogP contribution in [0.2, 0.25) is 0 Å². The van der Waals surface area contributed by atoms with Crippen LogP contribution < -0.4 is 9.64 Å². The summed E-state index contributed by atoms with van der Waals surface area (Å²) in [5.41, 5.74) is 1.38. The predicted molar refractivity (Wildman–Crippen MR) is 117 cm³/mol. The van der Waals surface area contributed by atoms with Gasteiger partial charge in [-0.3, -0.25) is 19.2 Å². The number of amides is 3. The summed E-state index contributed by atoms with van der Waals surface area (Å²) in [6.45, 7) is 2.57.